The molecule has 2 aromatic carbocycles. The molecule has 0 atom stereocenters. The van der Waals surface area contributed by atoms with Crippen molar-refractivity contribution in [2.75, 3.05) is 0 Å². The largest absolute Gasteiger partial charge is 0.478 e. The monoisotopic (exact) mass is 367 g/mol. The van der Waals surface area contributed by atoms with Gasteiger partial charge in [-0.3, -0.25) is 4.79 Å². The van der Waals surface area contributed by atoms with E-state index in [-0.39, 0.29) is 17.7 Å². The Bertz CT molecular complexity index is 1040. The van der Waals surface area contributed by atoms with Crippen molar-refractivity contribution in [2.45, 2.75) is 25.9 Å². The summed E-state index contributed by atoms with van der Waals surface area (Å²) in [5.74, 6) is -0.897. The van der Waals surface area contributed by atoms with Crippen LogP contribution in [0.5, 0.6) is 0 Å². The minimum absolute atomic E-state index is 0.0180. The van der Waals surface area contributed by atoms with Crippen LogP contribution >= 0.6 is 0 Å². The van der Waals surface area contributed by atoms with E-state index in [2.05, 4.69) is 10.3 Å². The van der Waals surface area contributed by atoms with Gasteiger partial charge in [-0.2, -0.15) is 0 Å². The standard InChI is InChI=1S/C20H18FN3O3/c21-15-4-2-1-3-14(15)19(25)22-10-18-23-16-9-13(20(26)27)7-8-17(16)24(18)11-12-5-6-12/h1-4,7-9,12H,5-6,10-11H2,(H,22,25)(H,26,27). The molecule has 6 nitrogen and oxygen atoms in total. The molecule has 1 aliphatic rings. The van der Waals surface area contributed by atoms with Crippen molar-refractivity contribution in [1.82, 2.24) is 14.9 Å². The van der Waals surface area contributed by atoms with Gasteiger partial charge in [0.15, 0.2) is 0 Å². The number of hydrogen-bond acceptors (Lipinski definition) is 3. The van der Waals surface area contributed by atoms with Crippen molar-refractivity contribution in [2.24, 2.45) is 5.92 Å². The number of nitrogens with one attached hydrogen (secondary N) is 1. The molecule has 3 aromatic rings. The molecule has 0 saturated heterocycles. The molecule has 1 fully saturated rings. The van der Waals surface area contributed by atoms with Crippen LogP contribution in [0.25, 0.3) is 11.0 Å². The number of nitrogens with zero attached hydrogens (tertiary/aromatic N) is 2. The van der Waals surface area contributed by atoms with Gasteiger partial charge in [0.1, 0.15) is 11.6 Å². The Morgan fingerprint density at radius 2 is 2.00 bits per heavy atom. The Hall–Kier alpha value is -3.22. The summed E-state index contributed by atoms with van der Waals surface area (Å²) >= 11 is 0. The first-order valence-electron chi connectivity index (χ1n) is 8.78. The Morgan fingerprint density at radius 1 is 1.22 bits per heavy atom. The minimum atomic E-state index is -1.01. The summed E-state index contributed by atoms with van der Waals surface area (Å²) in [5.41, 5.74) is 1.56. The molecule has 0 unspecified atom stereocenters. The van der Waals surface area contributed by atoms with E-state index in [0.29, 0.717) is 17.3 Å². The average molecular weight is 367 g/mol. The fraction of sp³-hybridized carbons (Fsp3) is 0.250. The van der Waals surface area contributed by atoms with Crippen LogP contribution in [0.4, 0.5) is 4.39 Å². The van der Waals surface area contributed by atoms with Gasteiger partial charge in [-0.05, 0) is 49.1 Å². The molecule has 1 aromatic heterocycles. The molecular weight excluding hydrogens is 349 g/mol. The summed E-state index contributed by atoms with van der Waals surface area (Å²) in [6, 6.07) is 10.6. The number of imidazole rings is 1. The first-order chi connectivity index (χ1) is 13.0. The van der Waals surface area contributed by atoms with Crippen molar-refractivity contribution in [3.63, 3.8) is 0 Å². The van der Waals surface area contributed by atoms with Gasteiger partial charge in [-0.25, -0.2) is 14.2 Å². The van der Waals surface area contributed by atoms with Crippen molar-refractivity contribution in [3.8, 4) is 0 Å². The maximum Gasteiger partial charge on any atom is 0.335 e. The van der Waals surface area contributed by atoms with E-state index >= 15 is 0 Å². The van der Waals surface area contributed by atoms with Crippen LogP contribution in [-0.4, -0.2) is 26.5 Å². The topological polar surface area (TPSA) is 84.2 Å². The predicted molar refractivity (Wildman–Crippen MR) is 97.0 cm³/mol. The highest BCUT2D eigenvalue weighted by molar-refractivity contribution is 5.94. The number of aromatic carboxylic acids is 1. The number of rotatable bonds is 6. The molecule has 4 rings (SSSR count). The third-order valence-corrected chi connectivity index (χ3v) is 4.74. The molecular formula is C20H18FN3O3. The van der Waals surface area contributed by atoms with Gasteiger partial charge in [0, 0.05) is 6.54 Å². The average Bonchev–Trinajstić information content (AvgIpc) is 3.41. The van der Waals surface area contributed by atoms with Gasteiger partial charge in [-0.15, -0.1) is 0 Å². The van der Waals surface area contributed by atoms with Crippen molar-refractivity contribution in [3.05, 3.63) is 65.2 Å². The molecule has 0 aliphatic heterocycles. The highest BCUT2D eigenvalue weighted by Gasteiger charge is 2.25. The van der Waals surface area contributed by atoms with E-state index in [1.165, 1.54) is 24.3 Å². The summed E-state index contributed by atoms with van der Waals surface area (Å²) in [6.45, 7) is 0.908. The van der Waals surface area contributed by atoms with Gasteiger partial charge in [-0.1, -0.05) is 12.1 Å². The van der Waals surface area contributed by atoms with E-state index in [4.69, 9.17) is 0 Å². The number of carboxylic acids is 1. The molecule has 7 heteroatoms. The summed E-state index contributed by atoms with van der Waals surface area (Å²) in [4.78, 5) is 28.0. The summed E-state index contributed by atoms with van der Waals surface area (Å²) < 4.78 is 15.8. The fourth-order valence-corrected chi connectivity index (χ4v) is 3.11. The number of carbonyl (C=O) groups excluding carboxylic acids is 1. The Labute approximate surface area is 154 Å². The SMILES string of the molecule is O=C(O)c1ccc2c(c1)nc(CNC(=O)c1ccccc1F)n2CC1CC1. The number of benzene rings is 2. The van der Waals surface area contributed by atoms with Crippen molar-refractivity contribution in [1.29, 1.82) is 0 Å². The van der Waals surface area contributed by atoms with Crippen LogP contribution in [0.15, 0.2) is 42.5 Å². The second-order valence-electron chi connectivity index (χ2n) is 6.75. The molecule has 0 radical (unpaired) electrons. The van der Waals surface area contributed by atoms with Crippen LogP contribution < -0.4 is 5.32 Å². The van der Waals surface area contributed by atoms with Crippen LogP contribution in [-0.2, 0) is 13.1 Å². The maximum absolute atomic E-state index is 13.8. The van der Waals surface area contributed by atoms with Gasteiger partial charge >= 0.3 is 5.97 Å². The van der Waals surface area contributed by atoms with Crippen LogP contribution in [0, 0.1) is 11.7 Å². The predicted octanol–water partition coefficient (Wildman–Crippen LogP) is 3.21. The number of hydrogen-bond donors (Lipinski definition) is 2. The minimum Gasteiger partial charge on any atom is -0.478 e. The summed E-state index contributed by atoms with van der Waals surface area (Å²) in [6.07, 6.45) is 2.29. The molecule has 138 valence electrons. The highest BCUT2D eigenvalue weighted by Crippen LogP contribution is 2.32. The van der Waals surface area contributed by atoms with Crippen molar-refractivity contribution < 1.29 is 19.1 Å². The molecule has 1 saturated carbocycles. The van der Waals surface area contributed by atoms with E-state index < -0.39 is 17.7 Å². The van der Waals surface area contributed by atoms with E-state index in [1.807, 2.05) is 4.57 Å². The number of amides is 1. The second-order valence-corrected chi connectivity index (χ2v) is 6.75. The summed E-state index contributed by atoms with van der Waals surface area (Å²) in [5, 5.41) is 11.9. The third kappa shape index (κ3) is 3.53. The zero-order valence-electron chi connectivity index (χ0n) is 14.5. The van der Waals surface area contributed by atoms with Crippen LogP contribution in [0.3, 0.4) is 0 Å². The number of aromatic nitrogens is 2. The highest BCUT2D eigenvalue weighted by atomic mass is 19.1. The van der Waals surface area contributed by atoms with Gasteiger partial charge in [0.05, 0.1) is 28.7 Å². The lowest BCUT2D eigenvalue weighted by molar-refractivity contribution is 0.0696. The molecule has 1 amide bonds. The smallest absolute Gasteiger partial charge is 0.335 e. The summed E-state index contributed by atoms with van der Waals surface area (Å²) in [7, 11) is 0. The first kappa shape index (κ1) is 17.2. The number of carboxylic acid groups (broad SMARTS) is 1. The zero-order chi connectivity index (χ0) is 19.0. The van der Waals surface area contributed by atoms with E-state index in [1.54, 1.807) is 18.2 Å². The van der Waals surface area contributed by atoms with Crippen LogP contribution in [0.2, 0.25) is 0 Å². The van der Waals surface area contributed by atoms with Gasteiger partial charge < -0.3 is 15.0 Å². The lowest BCUT2D eigenvalue weighted by Gasteiger charge is -2.10. The van der Waals surface area contributed by atoms with E-state index in [0.717, 1.165) is 24.9 Å². The lowest BCUT2D eigenvalue weighted by Crippen LogP contribution is -2.25. The zero-order valence-corrected chi connectivity index (χ0v) is 14.5. The fourth-order valence-electron chi connectivity index (χ4n) is 3.11. The Balaban J connectivity index is 1.62. The normalized spacial score (nSPS) is 13.7. The molecule has 1 aliphatic carbocycles. The maximum atomic E-state index is 13.8. The van der Waals surface area contributed by atoms with E-state index in [9.17, 15) is 19.1 Å². The first-order valence-corrected chi connectivity index (χ1v) is 8.78. The molecule has 0 bridgehead atoms. The molecule has 2 N–H and O–H groups in total. The molecule has 0 spiro atoms. The number of fused-ring (bicyclic) bond motifs is 1. The third-order valence-electron chi connectivity index (χ3n) is 4.74. The Morgan fingerprint density at radius 3 is 2.70 bits per heavy atom. The second kappa shape index (κ2) is 6.83. The lowest BCUT2D eigenvalue weighted by atomic mass is 10.2. The molecule has 27 heavy (non-hydrogen) atoms. The van der Waals surface area contributed by atoms with Gasteiger partial charge in [0.25, 0.3) is 5.91 Å². The van der Waals surface area contributed by atoms with Crippen molar-refractivity contribution >= 4 is 22.9 Å². The Kier molecular flexibility index (Phi) is 4.35. The van der Waals surface area contributed by atoms with Crippen LogP contribution in [0.1, 0.15) is 39.4 Å². The van der Waals surface area contributed by atoms with Gasteiger partial charge in [0.2, 0.25) is 0 Å². The number of carbonyl (C=O) groups is 2. The quantitative estimate of drug-likeness (QED) is 0.701. The molecule has 1 heterocycles. The number of halogens is 1.